The van der Waals surface area contributed by atoms with Crippen molar-refractivity contribution in [3.05, 3.63) is 70.9 Å². The summed E-state index contributed by atoms with van der Waals surface area (Å²) in [7, 11) is -2.57. The van der Waals surface area contributed by atoms with Gasteiger partial charge in [-0.25, -0.2) is 14.2 Å². The van der Waals surface area contributed by atoms with E-state index in [-0.39, 0.29) is 30.7 Å². The zero-order valence-corrected chi connectivity index (χ0v) is 21.7. The molecule has 5 atom stereocenters. The van der Waals surface area contributed by atoms with Gasteiger partial charge in [0.15, 0.2) is 12.0 Å². The third kappa shape index (κ3) is 5.02. The van der Waals surface area contributed by atoms with Gasteiger partial charge in [-0.1, -0.05) is 60.1 Å². The summed E-state index contributed by atoms with van der Waals surface area (Å²) in [5.74, 6) is 0.788. The highest BCUT2D eigenvalue weighted by Crippen LogP contribution is 2.37. The molecule has 0 radical (unpaired) electrons. The smallest absolute Gasteiger partial charge is 0.195 e. The second-order valence-corrected chi connectivity index (χ2v) is 12.4. The minimum atomic E-state index is -2.57. The minimum absolute atomic E-state index is 0.248. The average molecular weight is 540 g/mol. The number of halogens is 1. The third-order valence-corrected chi connectivity index (χ3v) is 7.93. The molecule has 2 saturated heterocycles. The lowest BCUT2D eigenvalue weighted by molar-refractivity contribution is 0.00558. The van der Waals surface area contributed by atoms with Crippen LogP contribution in [0.2, 0.25) is 5.02 Å². The monoisotopic (exact) mass is 539 g/mol. The van der Waals surface area contributed by atoms with E-state index in [1.165, 1.54) is 6.26 Å². The van der Waals surface area contributed by atoms with Crippen molar-refractivity contribution in [1.29, 1.82) is 4.78 Å². The normalized spacial score (nSPS) is 25.9. The summed E-state index contributed by atoms with van der Waals surface area (Å²) in [4.78, 5) is 9.37. The van der Waals surface area contributed by atoms with Crippen molar-refractivity contribution in [3.63, 3.8) is 0 Å². The SMILES string of the molecule is CS(=N)(=O)Cc1ccc(-c2ccc(-c3nc4c(cc3Cl)N=C(O[C@@H]3CO[C@H]5[C@@H]3OC[C@H]5O)C4)cc2)cc1. The summed E-state index contributed by atoms with van der Waals surface area (Å²) in [6.07, 6.45) is 0.308. The number of aliphatic hydroxyl groups excluding tert-OH is 1. The van der Waals surface area contributed by atoms with Crippen LogP contribution in [0.25, 0.3) is 22.4 Å². The number of hydrogen-bond acceptors (Lipinski definition) is 8. The van der Waals surface area contributed by atoms with Gasteiger partial charge in [-0.2, -0.15) is 0 Å². The zero-order chi connectivity index (χ0) is 25.7. The molecule has 2 aromatic carbocycles. The molecule has 8 nitrogen and oxygen atoms in total. The molecule has 10 heteroatoms. The van der Waals surface area contributed by atoms with Gasteiger partial charge in [0, 0.05) is 21.5 Å². The number of nitrogens with one attached hydrogen (secondary N) is 1. The molecule has 6 rings (SSSR count). The summed E-state index contributed by atoms with van der Waals surface area (Å²) in [6, 6.07) is 17.6. The molecule has 2 fully saturated rings. The lowest BCUT2D eigenvalue weighted by atomic mass is 10.0. The Hall–Kier alpha value is -2.82. The molecule has 3 aliphatic rings. The predicted molar refractivity (Wildman–Crippen MR) is 142 cm³/mol. The Kier molecular flexibility index (Phi) is 6.29. The van der Waals surface area contributed by atoms with Crippen molar-refractivity contribution < 1.29 is 23.5 Å². The molecular weight excluding hydrogens is 514 g/mol. The number of aliphatic hydroxyl groups is 1. The summed E-state index contributed by atoms with van der Waals surface area (Å²) in [5, 5.41) is 10.4. The molecule has 3 aromatic rings. The summed E-state index contributed by atoms with van der Waals surface area (Å²) in [5.41, 5.74) is 6.00. The van der Waals surface area contributed by atoms with Crippen molar-refractivity contribution in [2.45, 2.75) is 36.6 Å². The molecule has 0 bridgehead atoms. The number of fused-ring (bicyclic) bond motifs is 2. The van der Waals surface area contributed by atoms with Crippen LogP contribution >= 0.6 is 11.6 Å². The predicted octanol–water partition coefficient (Wildman–Crippen LogP) is 4.38. The second kappa shape index (κ2) is 9.49. The van der Waals surface area contributed by atoms with Gasteiger partial charge in [0.1, 0.15) is 18.3 Å². The van der Waals surface area contributed by atoms with E-state index in [1.807, 2.05) is 54.6 Å². The number of benzene rings is 2. The van der Waals surface area contributed by atoms with Crippen LogP contribution in [0.15, 0.2) is 59.6 Å². The molecule has 4 heterocycles. The van der Waals surface area contributed by atoms with Crippen molar-refractivity contribution in [1.82, 2.24) is 4.98 Å². The van der Waals surface area contributed by atoms with E-state index in [1.54, 1.807) is 0 Å². The molecule has 192 valence electrons. The first-order chi connectivity index (χ1) is 17.7. The quantitative estimate of drug-likeness (QED) is 0.497. The number of ether oxygens (including phenoxy) is 3. The Balaban J connectivity index is 1.16. The molecular formula is C27H26ClN3O5S. The summed E-state index contributed by atoms with van der Waals surface area (Å²) in [6.45, 7) is 0.597. The Morgan fingerprint density at radius 1 is 1.05 bits per heavy atom. The fraction of sp³-hybridized carbons (Fsp3) is 0.333. The van der Waals surface area contributed by atoms with Gasteiger partial charge in [-0.15, -0.1) is 0 Å². The van der Waals surface area contributed by atoms with E-state index in [0.717, 1.165) is 27.9 Å². The molecule has 0 amide bonds. The molecule has 0 aliphatic carbocycles. The fourth-order valence-electron chi connectivity index (χ4n) is 4.98. The number of nitrogens with zero attached hydrogens (tertiary/aromatic N) is 2. The van der Waals surface area contributed by atoms with Gasteiger partial charge < -0.3 is 19.3 Å². The van der Waals surface area contributed by atoms with Crippen molar-refractivity contribution >= 4 is 32.9 Å². The lowest BCUT2D eigenvalue weighted by Crippen LogP contribution is -2.34. The third-order valence-electron chi connectivity index (χ3n) is 6.75. The molecule has 1 unspecified atom stereocenters. The van der Waals surface area contributed by atoms with E-state index in [4.69, 9.17) is 35.6 Å². The first kappa shape index (κ1) is 24.5. The van der Waals surface area contributed by atoms with Gasteiger partial charge in [0.25, 0.3) is 0 Å². The number of rotatable bonds is 5. The lowest BCUT2D eigenvalue weighted by Gasteiger charge is -2.17. The summed E-state index contributed by atoms with van der Waals surface area (Å²) >= 11 is 6.60. The van der Waals surface area contributed by atoms with Gasteiger partial charge in [0.2, 0.25) is 0 Å². The van der Waals surface area contributed by atoms with Crippen molar-refractivity contribution in [2.24, 2.45) is 4.99 Å². The number of hydrogen-bond donors (Lipinski definition) is 2. The highest BCUT2D eigenvalue weighted by molar-refractivity contribution is 7.90. The zero-order valence-electron chi connectivity index (χ0n) is 20.1. The standard InChI is InChI=1S/C27H26ClN3O5S/c1-37(29,33)14-15-2-4-16(5-3-15)17-6-8-18(9-7-17)25-19(28)10-20-21(31-25)11-24(30-20)36-23-13-35-26-22(32)12-34-27(23)26/h2-10,22-23,26-27,29,32H,11-14H2,1H3/t22-,23-,26-,27-,37?/m1/s1. The van der Waals surface area contributed by atoms with Crippen molar-refractivity contribution in [3.8, 4) is 22.4 Å². The highest BCUT2D eigenvalue weighted by Gasteiger charge is 2.49. The Bertz CT molecular complexity index is 1480. The van der Waals surface area contributed by atoms with E-state index >= 15 is 0 Å². The van der Waals surface area contributed by atoms with E-state index in [0.29, 0.717) is 35.3 Å². The van der Waals surface area contributed by atoms with E-state index in [9.17, 15) is 9.32 Å². The largest absolute Gasteiger partial charge is 0.472 e. The highest BCUT2D eigenvalue weighted by atomic mass is 35.5. The van der Waals surface area contributed by atoms with Gasteiger partial charge in [0.05, 0.1) is 47.5 Å². The van der Waals surface area contributed by atoms with Crippen LogP contribution < -0.4 is 0 Å². The van der Waals surface area contributed by atoms with Crippen LogP contribution in [0.3, 0.4) is 0 Å². The summed E-state index contributed by atoms with van der Waals surface area (Å²) < 4.78 is 36.7. The number of aromatic nitrogens is 1. The first-order valence-electron chi connectivity index (χ1n) is 12.0. The van der Waals surface area contributed by atoms with Crippen LogP contribution in [0.5, 0.6) is 0 Å². The van der Waals surface area contributed by atoms with Crippen molar-refractivity contribution in [2.75, 3.05) is 19.5 Å². The number of aliphatic imine (C=N–C) groups is 1. The molecule has 37 heavy (non-hydrogen) atoms. The first-order valence-corrected chi connectivity index (χ1v) is 14.5. The van der Waals surface area contributed by atoms with Gasteiger partial charge in [-0.05, 0) is 22.8 Å². The van der Waals surface area contributed by atoms with Gasteiger partial charge in [-0.3, -0.25) is 4.78 Å². The van der Waals surface area contributed by atoms with Crippen LogP contribution in [-0.2, 0) is 36.1 Å². The Morgan fingerprint density at radius 3 is 2.41 bits per heavy atom. The minimum Gasteiger partial charge on any atom is -0.472 e. The Morgan fingerprint density at radius 2 is 1.70 bits per heavy atom. The molecule has 2 N–H and O–H groups in total. The topological polar surface area (TPSA) is 114 Å². The van der Waals surface area contributed by atoms with Crippen LogP contribution in [0.4, 0.5) is 5.69 Å². The van der Waals surface area contributed by atoms with Gasteiger partial charge >= 0.3 is 0 Å². The maximum absolute atomic E-state index is 11.7. The maximum atomic E-state index is 11.7. The Labute approximate surface area is 220 Å². The maximum Gasteiger partial charge on any atom is 0.195 e. The number of pyridine rings is 1. The molecule has 0 spiro atoms. The molecule has 1 aromatic heterocycles. The molecule has 3 aliphatic heterocycles. The second-order valence-electron chi connectivity index (χ2n) is 9.71. The van der Waals surface area contributed by atoms with Crippen LogP contribution in [0.1, 0.15) is 11.3 Å². The molecule has 0 saturated carbocycles. The fourth-order valence-corrected chi connectivity index (χ4v) is 6.07. The average Bonchev–Trinajstić information content (AvgIpc) is 3.55. The van der Waals surface area contributed by atoms with Crippen LogP contribution in [-0.4, -0.2) is 64.1 Å². The van der Waals surface area contributed by atoms with Crippen LogP contribution in [0, 0.1) is 4.78 Å². The van der Waals surface area contributed by atoms with E-state index in [2.05, 4.69) is 4.99 Å². The van der Waals surface area contributed by atoms with E-state index < -0.39 is 15.8 Å².